The summed E-state index contributed by atoms with van der Waals surface area (Å²) in [5, 5.41) is 15.6. The number of hydrogen-bond donors (Lipinski definition) is 2. The highest BCUT2D eigenvalue weighted by atomic mass is 16.5. The van der Waals surface area contributed by atoms with E-state index >= 15 is 0 Å². The molecule has 0 aliphatic carbocycles. The van der Waals surface area contributed by atoms with Gasteiger partial charge in [0.1, 0.15) is 0 Å². The highest BCUT2D eigenvalue weighted by Crippen LogP contribution is 2.01. The second-order valence-corrected chi connectivity index (χ2v) is 3.12. The summed E-state index contributed by atoms with van der Waals surface area (Å²) in [6.07, 6.45) is 3.39. The van der Waals surface area contributed by atoms with Crippen LogP contribution in [0.3, 0.4) is 0 Å². The van der Waals surface area contributed by atoms with Crippen LogP contribution in [-0.4, -0.2) is 34.7 Å². The summed E-state index contributed by atoms with van der Waals surface area (Å²) >= 11 is 0. The number of carbonyl (C=O) groups is 3. The zero-order chi connectivity index (χ0) is 14.7. The Hall–Kier alpha value is -2.57. The van der Waals surface area contributed by atoms with Gasteiger partial charge in [0.25, 0.3) is 0 Å². The number of esters is 1. The van der Waals surface area contributed by atoms with Crippen LogP contribution >= 0.6 is 0 Å². The van der Waals surface area contributed by atoms with Crippen LogP contribution < -0.4 is 0 Å². The largest absolute Gasteiger partial charge is 0.478 e. The number of rotatable bonds is 5. The van der Waals surface area contributed by atoms with E-state index in [1.807, 2.05) is 6.92 Å². The Kier molecular flexibility index (Phi) is 8.18. The molecule has 0 aliphatic heterocycles. The van der Waals surface area contributed by atoms with Crippen LogP contribution in [0.4, 0.5) is 0 Å². The highest BCUT2D eigenvalue weighted by Gasteiger charge is 2.07. The first-order valence-electron chi connectivity index (χ1n) is 5.32. The molecule has 104 valence electrons. The van der Waals surface area contributed by atoms with Crippen molar-refractivity contribution < 1.29 is 33.8 Å². The van der Waals surface area contributed by atoms with E-state index in [0.29, 0.717) is 18.8 Å². The average Bonchev–Trinajstić information content (AvgIpc) is 2.88. The molecular weight excluding hydrogens is 256 g/mol. The SMILES string of the molecule is CCCOC(=O)c1ccco1.O=C(O)/C=C/C(=O)O. The summed E-state index contributed by atoms with van der Waals surface area (Å²) in [4.78, 5) is 30.1. The third-order valence-electron chi connectivity index (χ3n) is 1.53. The van der Waals surface area contributed by atoms with Crippen molar-refractivity contribution in [2.45, 2.75) is 13.3 Å². The minimum absolute atomic E-state index is 0.262. The van der Waals surface area contributed by atoms with Crippen molar-refractivity contribution >= 4 is 17.9 Å². The lowest BCUT2D eigenvalue weighted by Gasteiger charge is -1.97. The van der Waals surface area contributed by atoms with Crippen molar-refractivity contribution in [1.29, 1.82) is 0 Å². The molecule has 0 aliphatic rings. The number of carboxylic acid groups (broad SMARTS) is 2. The maximum atomic E-state index is 10.9. The monoisotopic (exact) mass is 270 g/mol. The molecule has 0 unspecified atom stereocenters. The van der Waals surface area contributed by atoms with Crippen LogP contribution in [0.1, 0.15) is 23.9 Å². The molecular formula is C12H14O7. The first kappa shape index (κ1) is 16.4. The highest BCUT2D eigenvalue weighted by molar-refractivity contribution is 5.89. The fourth-order valence-corrected chi connectivity index (χ4v) is 0.803. The van der Waals surface area contributed by atoms with Gasteiger partial charge >= 0.3 is 17.9 Å². The van der Waals surface area contributed by atoms with Crippen LogP contribution in [0.2, 0.25) is 0 Å². The molecule has 1 aromatic heterocycles. The molecule has 7 heteroatoms. The normalized spacial score (nSPS) is 9.53. The summed E-state index contributed by atoms with van der Waals surface area (Å²) in [6.45, 7) is 2.38. The standard InChI is InChI=1S/C8H10O3.C4H4O4/c1-2-5-11-8(9)7-4-3-6-10-7;5-3(6)1-2-4(7)8/h3-4,6H,2,5H2,1H3;1-2H,(H,5,6)(H,7,8)/b;2-1+. The zero-order valence-electron chi connectivity index (χ0n) is 10.2. The Morgan fingerprint density at radius 3 is 2.21 bits per heavy atom. The second-order valence-electron chi connectivity index (χ2n) is 3.12. The molecule has 0 radical (unpaired) electrons. The van der Waals surface area contributed by atoms with Crippen molar-refractivity contribution in [3.05, 3.63) is 36.3 Å². The molecule has 7 nitrogen and oxygen atoms in total. The van der Waals surface area contributed by atoms with Crippen molar-refractivity contribution in [2.75, 3.05) is 6.61 Å². The number of furan rings is 1. The predicted octanol–water partition coefficient (Wildman–Crippen LogP) is 1.56. The molecule has 0 aromatic carbocycles. The summed E-state index contributed by atoms with van der Waals surface area (Å²) in [7, 11) is 0. The topological polar surface area (TPSA) is 114 Å². The minimum Gasteiger partial charge on any atom is -0.478 e. The Labute approximate surface area is 109 Å². The van der Waals surface area contributed by atoms with E-state index in [1.165, 1.54) is 6.26 Å². The molecule has 0 atom stereocenters. The van der Waals surface area contributed by atoms with Gasteiger partial charge < -0.3 is 19.4 Å². The predicted molar refractivity (Wildman–Crippen MR) is 63.7 cm³/mol. The Bertz CT molecular complexity index is 415. The molecule has 0 bridgehead atoms. The quantitative estimate of drug-likeness (QED) is 0.616. The molecule has 1 rings (SSSR count). The van der Waals surface area contributed by atoms with Gasteiger partial charge in [0.05, 0.1) is 12.9 Å². The number of carbonyl (C=O) groups excluding carboxylic acids is 1. The second kappa shape index (κ2) is 9.46. The maximum absolute atomic E-state index is 10.9. The Balaban J connectivity index is 0.000000362. The first-order chi connectivity index (χ1) is 8.97. The number of hydrogen-bond acceptors (Lipinski definition) is 5. The minimum atomic E-state index is -1.26. The summed E-state index contributed by atoms with van der Waals surface area (Å²) in [5.41, 5.74) is 0. The average molecular weight is 270 g/mol. The van der Waals surface area contributed by atoms with Gasteiger partial charge in [0.15, 0.2) is 0 Å². The summed E-state index contributed by atoms with van der Waals surface area (Å²) in [5.74, 6) is -2.64. The van der Waals surface area contributed by atoms with Crippen molar-refractivity contribution in [3.63, 3.8) is 0 Å². The van der Waals surface area contributed by atoms with Crippen LogP contribution in [0.15, 0.2) is 35.0 Å². The first-order valence-corrected chi connectivity index (χ1v) is 5.32. The lowest BCUT2D eigenvalue weighted by atomic mass is 10.4. The van der Waals surface area contributed by atoms with Crippen molar-refractivity contribution in [1.82, 2.24) is 0 Å². The maximum Gasteiger partial charge on any atom is 0.374 e. The van der Waals surface area contributed by atoms with Crippen LogP contribution in [-0.2, 0) is 14.3 Å². The smallest absolute Gasteiger partial charge is 0.374 e. The third kappa shape index (κ3) is 9.16. The van der Waals surface area contributed by atoms with Gasteiger partial charge in [-0.05, 0) is 18.6 Å². The molecule has 0 saturated heterocycles. The number of ether oxygens (including phenoxy) is 1. The van der Waals surface area contributed by atoms with Gasteiger partial charge in [-0.3, -0.25) is 0 Å². The van der Waals surface area contributed by atoms with E-state index < -0.39 is 17.9 Å². The molecule has 0 fully saturated rings. The van der Waals surface area contributed by atoms with E-state index in [1.54, 1.807) is 12.1 Å². The van der Waals surface area contributed by atoms with E-state index in [2.05, 4.69) is 0 Å². The molecule has 2 N–H and O–H groups in total. The lowest BCUT2D eigenvalue weighted by molar-refractivity contribution is -0.134. The molecule has 0 amide bonds. The van der Waals surface area contributed by atoms with Gasteiger partial charge in [-0.2, -0.15) is 0 Å². The van der Waals surface area contributed by atoms with Crippen molar-refractivity contribution in [2.24, 2.45) is 0 Å². The number of aliphatic carboxylic acids is 2. The van der Waals surface area contributed by atoms with E-state index in [9.17, 15) is 14.4 Å². The zero-order valence-corrected chi connectivity index (χ0v) is 10.2. The van der Waals surface area contributed by atoms with Gasteiger partial charge in [-0.1, -0.05) is 6.92 Å². The molecule has 1 heterocycles. The Morgan fingerprint density at radius 1 is 1.26 bits per heavy atom. The fraction of sp³-hybridized carbons (Fsp3) is 0.250. The van der Waals surface area contributed by atoms with Crippen LogP contribution in [0.25, 0.3) is 0 Å². The van der Waals surface area contributed by atoms with Crippen LogP contribution in [0, 0.1) is 0 Å². The van der Waals surface area contributed by atoms with E-state index in [-0.39, 0.29) is 5.76 Å². The van der Waals surface area contributed by atoms with Gasteiger partial charge in [-0.25, -0.2) is 14.4 Å². The molecule has 0 spiro atoms. The molecule has 0 saturated carbocycles. The molecule has 1 aromatic rings. The van der Waals surface area contributed by atoms with Crippen molar-refractivity contribution in [3.8, 4) is 0 Å². The van der Waals surface area contributed by atoms with E-state index in [0.717, 1.165) is 6.42 Å². The summed E-state index contributed by atoms with van der Waals surface area (Å²) < 4.78 is 9.62. The van der Waals surface area contributed by atoms with Gasteiger partial charge in [-0.15, -0.1) is 0 Å². The lowest BCUT2D eigenvalue weighted by Crippen LogP contribution is -2.03. The van der Waals surface area contributed by atoms with E-state index in [4.69, 9.17) is 19.4 Å². The third-order valence-corrected chi connectivity index (χ3v) is 1.53. The van der Waals surface area contributed by atoms with Crippen LogP contribution in [0.5, 0.6) is 0 Å². The number of carboxylic acids is 2. The Morgan fingerprint density at radius 2 is 1.84 bits per heavy atom. The van der Waals surface area contributed by atoms with Gasteiger partial charge in [0.2, 0.25) is 5.76 Å². The molecule has 19 heavy (non-hydrogen) atoms. The fourth-order valence-electron chi connectivity index (χ4n) is 0.803. The summed E-state index contributed by atoms with van der Waals surface area (Å²) in [6, 6.07) is 3.24. The van der Waals surface area contributed by atoms with Gasteiger partial charge in [0, 0.05) is 12.2 Å².